The lowest BCUT2D eigenvalue weighted by Gasteiger charge is -2.17. The van der Waals surface area contributed by atoms with Crippen LogP contribution in [0.1, 0.15) is 32.6 Å². The predicted molar refractivity (Wildman–Crippen MR) is 167 cm³/mol. The molecule has 41 heavy (non-hydrogen) atoms. The summed E-state index contributed by atoms with van der Waals surface area (Å²) < 4.78 is 0. The summed E-state index contributed by atoms with van der Waals surface area (Å²) in [5.41, 5.74) is 8.17. The third kappa shape index (κ3) is 7.19. The van der Waals surface area contributed by atoms with Crippen molar-refractivity contribution in [3.63, 3.8) is 0 Å². The minimum absolute atomic E-state index is 0.192. The van der Waals surface area contributed by atoms with Crippen LogP contribution in [0.4, 0.5) is 5.69 Å². The van der Waals surface area contributed by atoms with Gasteiger partial charge in [0.25, 0.3) is 5.91 Å². The summed E-state index contributed by atoms with van der Waals surface area (Å²) in [6, 6.07) is 32.7. The van der Waals surface area contributed by atoms with E-state index in [1.165, 1.54) is 0 Å². The SMILES string of the molecule is O=C(O)c1ccc(CCSc2ccc3c(c2)C(=NNC(=S)NCc2ccccc2)C(=O)N3Cc2ccccc2)cc1. The van der Waals surface area contributed by atoms with Crippen LogP contribution in [-0.2, 0) is 24.3 Å². The van der Waals surface area contributed by atoms with Gasteiger partial charge in [0.2, 0.25) is 0 Å². The molecule has 0 unspecified atom stereocenters. The quantitative estimate of drug-likeness (QED) is 0.127. The second kappa shape index (κ2) is 13.3. The molecule has 1 heterocycles. The molecule has 1 aliphatic rings. The Labute approximate surface area is 248 Å². The topological polar surface area (TPSA) is 94.0 Å². The second-order valence-corrected chi connectivity index (χ2v) is 11.0. The highest BCUT2D eigenvalue weighted by Crippen LogP contribution is 2.34. The fraction of sp³-hybridized carbons (Fsp3) is 0.125. The number of carboxylic acids is 1. The minimum Gasteiger partial charge on any atom is -0.478 e. The highest BCUT2D eigenvalue weighted by molar-refractivity contribution is 7.99. The number of aromatic carboxylic acids is 1. The van der Waals surface area contributed by atoms with Gasteiger partial charge in [-0.3, -0.25) is 10.2 Å². The molecule has 0 saturated carbocycles. The maximum absolute atomic E-state index is 13.6. The minimum atomic E-state index is -0.931. The molecule has 0 aliphatic carbocycles. The van der Waals surface area contributed by atoms with E-state index in [4.69, 9.17) is 17.3 Å². The number of aryl methyl sites for hydroxylation is 1. The van der Waals surface area contributed by atoms with Crippen molar-refractivity contribution < 1.29 is 14.7 Å². The molecule has 4 aromatic rings. The summed E-state index contributed by atoms with van der Waals surface area (Å²) in [6.07, 6.45) is 0.782. The average molecular weight is 581 g/mol. The van der Waals surface area contributed by atoms with Crippen LogP contribution >= 0.6 is 24.0 Å². The number of benzene rings is 4. The van der Waals surface area contributed by atoms with Gasteiger partial charge in [-0.1, -0.05) is 72.8 Å². The van der Waals surface area contributed by atoms with Crippen molar-refractivity contribution >= 4 is 52.4 Å². The molecule has 206 valence electrons. The van der Waals surface area contributed by atoms with E-state index < -0.39 is 5.97 Å². The van der Waals surface area contributed by atoms with Gasteiger partial charge in [-0.05, 0) is 65.7 Å². The number of nitrogens with one attached hydrogen (secondary N) is 2. The van der Waals surface area contributed by atoms with Crippen LogP contribution in [0.15, 0.2) is 113 Å². The molecule has 0 spiro atoms. The van der Waals surface area contributed by atoms with Crippen molar-refractivity contribution in [3.8, 4) is 0 Å². The first-order chi connectivity index (χ1) is 20.0. The van der Waals surface area contributed by atoms with Crippen LogP contribution in [0.5, 0.6) is 0 Å². The van der Waals surface area contributed by atoms with Gasteiger partial charge in [-0.2, -0.15) is 5.10 Å². The van der Waals surface area contributed by atoms with Crippen molar-refractivity contribution in [2.45, 2.75) is 24.4 Å². The lowest BCUT2D eigenvalue weighted by atomic mass is 10.1. The first-order valence-electron chi connectivity index (χ1n) is 13.1. The van der Waals surface area contributed by atoms with E-state index in [-0.39, 0.29) is 11.5 Å². The number of carbonyl (C=O) groups is 2. The number of rotatable bonds is 10. The van der Waals surface area contributed by atoms with Gasteiger partial charge < -0.3 is 15.3 Å². The Bertz CT molecular complexity index is 1580. The van der Waals surface area contributed by atoms with Crippen LogP contribution in [0, 0.1) is 0 Å². The van der Waals surface area contributed by atoms with E-state index in [1.54, 1.807) is 28.8 Å². The summed E-state index contributed by atoms with van der Waals surface area (Å²) in [6.45, 7) is 0.975. The number of nitrogens with zero attached hydrogens (tertiary/aromatic N) is 2. The molecule has 0 bridgehead atoms. The molecule has 0 fully saturated rings. The summed E-state index contributed by atoms with van der Waals surface area (Å²) in [4.78, 5) is 27.4. The summed E-state index contributed by atoms with van der Waals surface area (Å²) in [5, 5.41) is 17.0. The maximum atomic E-state index is 13.6. The fourth-order valence-electron chi connectivity index (χ4n) is 4.44. The lowest BCUT2D eigenvalue weighted by Crippen LogP contribution is -2.34. The smallest absolute Gasteiger partial charge is 0.335 e. The molecule has 0 radical (unpaired) electrons. The van der Waals surface area contributed by atoms with E-state index in [2.05, 4.69) is 15.8 Å². The van der Waals surface area contributed by atoms with Crippen LogP contribution in [0.25, 0.3) is 0 Å². The predicted octanol–water partition coefficient (Wildman–Crippen LogP) is 5.63. The Morgan fingerprint density at radius 3 is 2.24 bits per heavy atom. The highest BCUT2D eigenvalue weighted by Gasteiger charge is 2.34. The summed E-state index contributed by atoms with van der Waals surface area (Å²) in [5.74, 6) is -0.326. The standard InChI is InChI=1S/C32H28N4O3S2/c37-30-29(34-35-32(40)33-20-23-7-3-1-4-8-23)27-19-26(41-18-17-22-11-13-25(14-12-22)31(38)39)15-16-28(27)36(30)21-24-9-5-2-6-10-24/h1-16,19H,17-18,20-21H2,(H,38,39)(H2,33,35,40). The Morgan fingerprint density at radius 2 is 1.56 bits per heavy atom. The number of hydrogen-bond acceptors (Lipinski definition) is 5. The fourth-order valence-corrected chi connectivity index (χ4v) is 5.50. The molecule has 3 N–H and O–H groups in total. The number of hydrogen-bond donors (Lipinski definition) is 3. The van der Waals surface area contributed by atoms with Gasteiger partial charge in [-0.25, -0.2) is 4.79 Å². The molecular weight excluding hydrogens is 553 g/mol. The van der Waals surface area contributed by atoms with E-state index in [0.717, 1.165) is 45.0 Å². The number of carbonyl (C=O) groups excluding carboxylic acids is 1. The number of fused-ring (bicyclic) bond motifs is 1. The van der Waals surface area contributed by atoms with E-state index in [9.17, 15) is 9.59 Å². The third-order valence-corrected chi connectivity index (χ3v) is 7.80. The number of carboxylic acid groups (broad SMARTS) is 1. The normalized spacial score (nSPS) is 13.2. The van der Waals surface area contributed by atoms with Gasteiger partial charge in [0.05, 0.1) is 17.8 Å². The number of thiocarbonyl (C=S) groups is 1. The average Bonchev–Trinajstić information content (AvgIpc) is 3.25. The molecule has 5 rings (SSSR count). The molecule has 4 aromatic carbocycles. The molecule has 7 nitrogen and oxygen atoms in total. The molecule has 9 heteroatoms. The monoisotopic (exact) mass is 580 g/mol. The Morgan fingerprint density at radius 1 is 0.878 bits per heavy atom. The van der Waals surface area contributed by atoms with Crippen molar-refractivity contribution in [3.05, 3.63) is 131 Å². The molecule has 1 aliphatic heterocycles. The van der Waals surface area contributed by atoms with Gasteiger partial charge in [-0.15, -0.1) is 11.8 Å². The Hall–Kier alpha value is -4.47. The van der Waals surface area contributed by atoms with Crippen molar-refractivity contribution in [1.82, 2.24) is 10.7 Å². The van der Waals surface area contributed by atoms with E-state index in [0.29, 0.717) is 23.9 Å². The van der Waals surface area contributed by atoms with Gasteiger partial charge >= 0.3 is 5.97 Å². The zero-order valence-corrected chi connectivity index (χ0v) is 23.8. The Kier molecular flexibility index (Phi) is 9.08. The first kappa shape index (κ1) is 28.1. The van der Waals surface area contributed by atoms with E-state index >= 15 is 0 Å². The maximum Gasteiger partial charge on any atom is 0.335 e. The first-order valence-corrected chi connectivity index (χ1v) is 14.5. The molecule has 0 aromatic heterocycles. The number of amides is 1. The molecule has 0 saturated heterocycles. The summed E-state index contributed by atoms with van der Waals surface area (Å²) >= 11 is 7.09. The zero-order valence-electron chi connectivity index (χ0n) is 22.1. The van der Waals surface area contributed by atoms with Crippen LogP contribution in [0.2, 0.25) is 0 Å². The second-order valence-electron chi connectivity index (χ2n) is 9.40. The van der Waals surface area contributed by atoms with Crippen molar-refractivity contribution in [2.75, 3.05) is 10.7 Å². The number of hydrazone groups is 1. The van der Waals surface area contributed by atoms with Crippen LogP contribution in [0.3, 0.4) is 0 Å². The molecule has 0 atom stereocenters. The highest BCUT2D eigenvalue weighted by atomic mass is 32.2. The number of thioether (sulfide) groups is 1. The lowest BCUT2D eigenvalue weighted by molar-refractivity contribution is -0.112. The summed E-state index contributed by atoms with van der Waals surface area (Å²) in [7, 11) is 0. The van der Waals surface area contributed by atoms with Gasteiger partial charge in [0.1, 0.15) is 0 Å². The van der Waals surface area contributed by atoms with E-state index in [1.807, 2.05) is 91.0 Å². The zero-order chi connectivity index (χ0) is 28.6. The molecule has 1 amide bonds. The number of anilines is 1. The van der Waals surface area contributed by atoms with Crippen LogP contribution in [-0.4, -0.2) is 33.6 Å². The van der Waals surface area contributed by atoms with Gasteiger partial charge in [0, 0.05) is 22.8 Å². The Balaban J connectivity index is 1.31. The third-order valence-electron chi connectivity index (χ3n) is 6.57. The van der Waals surface area contributed by atoms with Crippen molar-refractivity contribution in [1.29, 1.82) is 0 Å². The largest absolute Gasteiger partial charge is 0.478 e. The van der Waals surface area contributed by atoms with Crippen LogP contribution < -0.4 is 15.6 Å². The van der Waals surface area contributed by atoms with Crippen molar-refractivity contribution in [2.24, 2.45) is 5.10 Å². The molecular formula is C32H28N4O3S2. The van der Waals surface area contributed by atoms with Gasteiger partial charge in [0.15, 0.2) is 10.8 Å².